The van der Waals surface area contributed by atoms with Gasteiger partial charge in [0.1, 0.15) is 0 Å². The molecule has 0 unspecified atom stereocenters. The fraction of sp³-hybridized carbons (Fsp3) is 0.250. The average Bonchev–Trinajstić information content (AvgIpc) is 1.99. The van der Waals surface area contributed by atoms with Crippen LogP contribution < -0.4 is 5.90 Å². The van der Waals surface area contributed by atoms with E-state index >= 15 is 0 Å². The zero-order chi connectivity index (χ0) is 8.97. The Bertz CT molecular complexity index is 247. The van der Waals surface area contributed by atoms with Gasteiger partial charge in [0, 0.05) is 9.50 Å². The van der Waals surface area contributed by atoms with Crippen molar-refractivity contribution >= 4 is 27.5 Å². The highest BCUT2D eigenvalue weighted by atomic mass is 79.9. The first-order valence-corrected chi connectivity index (χ1v) is 4.66. The van der Waals surface area contributed by atoms with Crippen LogP contribution in [-0.4, -0.2) is 6.61 Å². The summed E-state index contributed by atoms with van der Waals surface area (Å²) in [5, 5.41) is 0.719. The average molecular weight is 251 g/mol. The Morgan fingerprint density at radius 3 is 2.75 bits per heavy atom. The zero-order valence-electron chi connectivity index (χ0n) is 6.39. The predicted molar refractivity (Wildman–Crippen MR) is 53.0 cm³/mol. The van der Waals surface area contributed by atoms with Crippen molar-refractivity contribution in [2.75, 3.05) is 6.61 Å². The van der Waals surface area contributed by atoms with Gasteiger partial charge in [0.15, 0.2) is 0 Å². The van der Waals surface area contributed by atoms with Crippen LogP contribution in [0.15, 0.2) is 22.7 Å². The largest absolute Gasteiger partial charge is 0.304 e. The monoisotopic (exact) mass is 249 g/mol. The molecule has 0 bridgehead atoms. The van der Waals surface area contributed by atoms with Crippen molar-refractivity contribution in [3.63, 3.8) is 0 Å². The Hall–Kier alpha value is -0.0900. The molecule has 0 aromatic heterocycles. The van der Waals surface area contributed by atoms with E-state index in [1.165, 1.54) is 0 Å². The van der Waals surface area contributed by atoms with Crippen molar-refractivity contribution in [2.24, 2.45) is 5.90 Å². The summed E-state index contributed by atoms with van der Waals surface area (Å²) in [6, 6.07) is 5.73. The number of hydrogen-bond acceptors (Lipinski definition) is 2. The molecular formula is C8H9BrClNO. The lowest BCUT2D eigenvalue weighted by molar-refractivity contribution is 0.141. The Morgan fingerprint density at radius 2 is 2.17 bits per heavy atom. The Morgan fingerprint density at radius 1 is 1.42 bits per heavy atom. The van der Waals surface area contributed by atoms with E-state index in [1.54, 1.807) is 0 Å². The van der Waals surface area contributed by atoms with Crippen LogP contribution in [0.3, 0.4) is 0 Å². The quantitative estimate of drug-likeness (QED) is 0.837. The first-order valence-electron chi connectivity index (χ1n) is 3.49. The van der Waals surface area contributed by atoms with E-state index in [2.05, 4.69) is 20.8 Å². The smallest absolute Gasteiger partial charge is 0.0719 e. The van der Waals surface area contributed by atoms with Crippen LogP contribution >= 0.6 is 27.5 Å². The van der Waals surface area contributed by atoms with Gasteiger partial charge in [-0.3, -0.25) is 0 Å². The van der Waals surface area contributed by atoms with Crippen LogP contribution in [0.1, 0.15) is 5.56 Å². The van der Waals surface area contributed by atoms with E-state index in [-0.39, 0.29) is 0 Å². The Kier molecular flexibility index (Phi) is 4.01. The molecule has 0 saturated carbocycles. The molecule has 1 aromatic carbocycles. The molecule has 0 aliphatic rings. The van der Waals surface area contributed by atoms with Crippen molar-refractivity contribution < 1.29 is 4.84 Å². The van der Waals surface area contributed by atoms with Gasteiger partial charge in [-0.1, -0.05) is 27.5 Å². The summed E-state index contributed by atoms with van der Waals surface area (Å²) in [6.07, 6.45) is 0.773. The molecule has 0 radical (unpaired) electrons. The summed E-state index contributed by atoms with van der Waals surface area (Å²) in [5.74, 6) is 4.91. The molecular weight excluding hydrogens is 241 g/mol. The van der Waals surface area contributed by atoms with Gasteiger partial charge >= 0.3 is 0 Å². The van der Waals surface area contributed by atoms with Crippen LogP contribution in [-0.2, 0) is 11.3 Å². The molecule has 1 aromatic rings. The highest BCUT2D eigenvalue weighted by Crippen LogP contribution is 2.19. The Balaban J connectivity index is 2.72. The van der Waals surface area contributed by atoms with Gasteiger partial charge in [-0.25, -0.2) is 5.90 Å². The van der Waals surface area contributed by atoms with Crippen LogP contribution in [0.4, 0.5) is 0 Å². The zero-order valence-corrected chi connectivity index (χ0v) is 8.73. The van der Waals surface area contributed by atoms with Gasteiger partial charge in [-0.05, 0) is 30.2 Å². The van der Waals surface area contributed by atoms with Crippen LogP contribution in [0.2, 0.25) is 5.02 Å². The molecule has 0 spiro atoms. The van der Waals surface area contributed by atoms with Crippen molar-refractivity contribution in [1.82, 2.24) is 0 Å². The van der Waals surface area contributed by atoms with Gasteiger partial charge in [0.2, 0.25) is 0 Å². The lowest BCUT2D eigenvalue weighted by Gasteiger charge is -2.01. The first-order chi connectivity index (χ1) is 5.72. The maximum absolute atomic E-state index is 5.83. The van der Waals surface area contributed by atoms with E-state index < -0.39 is 0 Å². The lowest BCUT2D eigenvalue weighted by atomic mass is 10.2. The predicted octanol–water partition coefficient (Wildman–Crippen LogP) is 2.54. The molecule has 0 heterocycles. The maximum atomic E-state index is 5.83. The van der Waals surface area contributed by atoms with Gasteiger partial charge in [0.25, 0.3) is 0 Å². The van der Waals surface area contributed by atoms with Gasteiger partial charge < -0.3 is 4.84 Å². The highest BCUT2D eigenvalue weighted by Gasteiger charge is 1.97. The Labute approximate surface area is 84.7 Å². The summed E-state index contributed by atoms with van der Waals surface area (Å²) < 4.78 is 0.974. The number of nitrogens with two attached hydrogens (primary N) is 1. The molecule has 12 heavy (non-hydrogen) atoms. The van der Waals surface area contributed by atoms with Crippen molar-refractivity contribution in [3.05, 3.63) is 33.3 Å². The minimum atomic E-state index is 0.507. The minimum absolute atomic E-state index is 0.507. The fourth-order valence-electron chi connectivity index (χ4n) is 0.932. The topological polar surface area (TPSA) is 35.2 Å². The molecule has 0 atom stereocenters. The van der Waals surface area contributed by atoms with E-state index in [9.17, 15) is 0 Å². The second-order valence-electron chi connectivity index (χ2n) is 2.40. The SMILES string of the molecule is NOCCc1cc(Cl)cc(Br)c1. The van der Waals surface area contributed by atoms with E-state index in [4.69, 9.17) is 17.5 Å². The second-order valence-corrected chi connectivity index (χ2v) is 3.75. The molecule has 2 N–H and O–H groups in total. The number of hydrogen-bond donors (Lipinski definition) is 1. The molecule has 4 heteroatoms. The minimum Gasteiger partial charge on any atom is -0.304 e. The number of rotatable bonds is 3. The normalized spacial score (nSPS) is 10.2. The summed E-state index contributed by atoms with van der Waals surface area (Å²) in [5.41, 5.74) is 1.11. The lowest BCUT2D eigenvalue weighted by Crippen LogP contribution is -2.03. The first kappa shape index (κ1) is 9.99. The molecule has 0 aliphatic heterocycles. The molecule has 0 saturated heterocycles. The number of halogens is 2. The summed E-state index contributed by atoms with van der Waals surface area (Å²) in [6.45, 7) is 0.507. The highest BCUT2D eigenvalue weighted by molar-refractivity contribution is 9.10. The van der Waals surface area contributed by atoms with Crippen LogP contribution in [0, 0.1) is 0 Å². The summed E-state index contributed by atoms with van der Waals surface area (Å²) in [4.78, 5) is 4.47. The number of benzene rings is 1. The van der Waals surface area contributed by atoms with E-state index in [1.807, 2.05) is 18.2 Å². The van der Waals surface area contributed by atoms with Crippen molar-refractivity contribution in [1.29, 1.82) is 0 Å². The molecule has 0 aliphatic carbocycles. The van der Waals surface area contributed by atoms with Gasteiger partial charge in [-0.15, -0.1) is 0 Å². The van der Waals surface area contributed by atoms with E-state index in [0.717, 1.165) is 21.5 Å². The third kappa shape index (κ3) is 3.11. The van der Waals surface area contributed by atoms with Crippen molar-refractivity contribution in [3.8, 4) is 0 Å². The third-order valence-electron chi connectivity index (χ3n) is 1.43. The third-order valence-corrected chi connectivity index (χ3v) is 2.11. The van der Waals surface area contributed by atoms with Crippen molar-refractivity contribution in [2.45, 2.75) is 6.42 Å². The maximum Gasteiger partial charge on any atom is 0.0719 e. The van der Waals surface area contributed by atoms with Gasteiger partial charge in [-0.2, -0.15) is 0 Å². The second kappa shape index (κ2) is 4.82. The molecule has 0 fully saturated rings. The van der Waals surface area contributed by atoms with Crippen LogP contribution in [0.25, 0.3) is 0 Å². The summed E-state index contributed by atoms with van der Waals surface area (Å²) >= 11 is 9.18. The fourth-order valence-corrected chi connectivity index (χ4v) is 1.86. The molecule has 0 amide bonds. The molecule has 66 valence electrons. The van der Waals surface area contributed by atoms with E-state index in [0.29, 0.717) is 6.61 Å². The molecule has 1 rings (SSSR count). The van der Waals surface area contributed by atoms with Gasteiger partial charge in [0.05, 0.1) is 6.61 Å². The standard InChI is InChI=1S/C8H9BrClNO/c9-7-3-6(1-2-12-11)4-8(10)5-7/h3-5H,1-2,11H2. The molecule has 2 nitrogen and oxygen atoms in total. The summed E-state index contributed by atoms with van der Waals surface area (Å²) in [7, 11) is 0. The van der Waals surface area contributed by atoms with Crippen LogP contribution in [0.5, 0.6) is 0 Å².